The van der Waals surface area contributed by atoms with E-state index in [1.165, 1.54) is 6.07 Å². The maximum absolute atomic E-state index is 10.7. The molecule has 1 radical (unpaired) electrons. The van der Waals surface area contributed by atoms with Crippen LogP contribution in [-0.2, 0) is 32.7 Å². The molecule has 0 aliphatic rings. The largest absolute Gasteiger partial charge is 0.380 e. The van der Waals surface area contributed by atoms with E-state index in [1.807, 2.05) is 0 Å². The molecule has 0 bridgehead atoms. The Morgan fingerprint density at radius 2 is 1.93 bits per heavy atom. The number of nitrogens with zero attached hydrogens (tertiary/aromatic N) is 3. The first-order valence-electron chi connectivity index (χ1n) is 3.37. The molecule has 0 aliphatic heterocycles. The summed E-state index contributed by atoms with van der Waals surface area (Å²) in [5.41, 5.74) is 0.671. The monoisotopic (exact) mass is 306 g/mol. The van der Waals surface area contributed by atoms with E-state index in [9.17, 15) is 8.42 Å². The molecule has 1 heterocycles. The van der Waals surface area contributed by atoms with Crippen molar-refractivity contribution in [3.63, 3.8) is 0 Å². The fraction of sp³-hybridized carbons (Fsp3) is 0. The molecule has 6 nitrogen and oxygen atoms in total. The molecule has 14 heavy (non-hydrogen) atoms. The van der Waals surface area contributed by atoms with Crippen molar-refractivity contribution in [2.24, 2.45) is 0 Å². The Kier molecular flexibility index (Phi) is 3.07. The van der Waals surface area contributed by atoms with Gasteiger partial charge in [-0.25, -0.2) is 0 Å². The Balaban J connectivity index is 0.000000980. The van der Waals surface area contributed by atoms with Crippen LogP contribution in [0.4, 0.5) is 0 Å². The van der Waals surface area contributed by atoms with Crippen LogP contribution in [0, 0.1) is 0 Å². The summed E-state index contributed by atoms with van der Waals surface area (Å²) in [4.78, 5) is 0. The van der Waals surface area contributed by atoms with Gasteiger partial charge in [0.2, 0.25) is 0 Å². The van der Waals surface area contributed by atoms with Gasteiger partial charge in [-0.2, -0.15) is 8.42 Å². The van der Waals surface area contributed by atoms with E-state index >= 15 is 0 Å². The van der Waals surface area contributed by atoms with Crippen molar-refractivity contribution in [2.45, 2.75) is 0 Å². The predicted molar refractivity (Wildman–Crippen MR) is 44.5 cm³/mol. The van der Waals surface area contributed by atoms with Gasteiger partial charge in [0.1, 0.15) is 11.0 Å². The molecule has 0 amide bonds. The van der Waals surface area contributed by atoms with Gasteiger partial charge in [-0.15, -0.1) is 9.19 Å². The molecule has 8 heteroatoms. The maximum Gasteiger partial charge on any atom is 0.380 e. The normalized spacial score (nSPS) is 11.2. The number of aromatic nitrogens is 3. The minimum atomic E-state index is -4.34. The van der Waals surface area contributed by atoms with Crippen molar-refractivity contribution in [1.82, 2.24) is 14.4 Å². The molecule has 2 rings (SSSR count). The van der Waals surface area contributed by atoms with Crippen LogP contribution in [0.3, 0.4) is 0 Å². The van der Waals surface area contributed by atoms with Crippen molar-refractivity contribution in [3.05, 3.63) is 24.3 Å². The Bertz CT molecular complexity index is 550. The Labute approximate surface area is 95.3 Å². The number of para-hydroxylation sites is 1. The standard InChI is InChI=1S/C6H5N3O3S.Ag/c10-13(11,12)9-6-4-2-1-3-5(6)7-8-9;/h1-4H,(H,10,11,12);. The zero-order valence-electron chi connectivity index (χ0n) is 6.62. The zero-order valence-corrected chi connectivity index (χ0v) is 8.92. The van der Waals surface area contributed by atoms with Gasteiger partial charge in [0, 0.05) is 22.4 Å². The van der Waals surface area contributed by atoms with Crippen molar-refractivity contribution in [3.8, 4) is 0 Å². The molecular formula is C6H5AgN3O3S. The number of hydrogen-bond donors (Lipinski definition) is 1. The third-order valence-corrected chi connectivity index (χ3v) is 2.25. The van der Waals surface area contributed by atoms with Crippen molar-refractivity contribution >= 4 is 21.3 Å². The van der Waals surface area contributed by atoms with Gasteiger partial charge in [-0.1, -0.05) is 12.1 Å². The second-order valence-electron chi connectivity index (χ2n) is 2.40. The smallest absolute Gasteiger partial charge is 0.268 e. The van der Waals surface area contributed by atoms with Crippen molar-refractivity contribution < 1.29 is 35.4 Å². The fourth-order valence-corrected chi connectivity index (χ4v) is 1.55. The van der Waals surface area contributed by atoms with E-state index < -0.39 is 10.3 Å². The topological polar surface area (TPSA) is 85.1 Å². The molecule has 1 aromatic heterocycles. The number of fused-ring (bicyclic) bond motifs is 1. The molecule has 0 unspecified atom stereocenters. The zero-order chi connectivity index (χ0) is 9.47. The van der Waals surface area contributed by atoms with Crippen molar-refractivity contribution in [1.29, 1.82) is 0 Å². The average molecular weight is 307 g/mol. The van der Waals surface area contributed by atoms with E-state index in [2.05, 4.69) is 10.3 Å². The first-order valence-corrected chi connectivity index (χ1v) is 4.77. The number of rotatable bonds is 1. The minimum Gasteiger partial charge on any atom is -0.268 e. The summed E-state index contributed by atoms with van der Waals surface area (Å²) in [6, 6.07) is 6.44. The van der Waals surface area contributed by atoms with Crippen LogP contribution in [0.15, 0.2) is 24.3 Å². The van der Waals surface area contributed by atoms with Crippen molar-refractivity contribution in [2.75, 3.05) is 0 Å². The summed E-state index contributed by atoms with van der Waals surface area (Å²) < 4.78 is 30.6. The van der Waals surface area contributed by atoms with Gasteiger partial charge in [0.15, 0.2) is 0 Å². The molecule has 1 N–H and O–H groups in total. The average Bonchev–Trinajstić information content (AvgIpc) is 2.45. The predicted octanol–water partition coefficient (Wildman–Crippen LogP) is 0.0797. The second-order valence-corrected chi connectivity index (χ2v) is 3.64. The molecular weight excluding hydrogens is 302 g/mol. The van der Waals surface area contributed by atoms with Gasteiger partial charge >= 0.3 is 10.3 Å². The Morgan fingerprint density at radius 1 is 1.29 bits per heavy atom. The first-order chi connectivity index (χ1) is 6.09. The van der Waals surface area contributed by atoms with Gasteiger partial charge < -0.3 is 0 Å². The summed E-state index contributed by atoms with van der Waals surface area (Å²) in [7, 11) is -4.34. The SMILES string of the molecule is O=S(=O)(O)n1nnc2ccccc21.[Ag]. The molecule has 79 valence electrons. The maximum atomic E-state index is 10.7. The van der Waals surface area contributed by atoms with Crippen LogP contribution < -0.4 is 0 Å². The summed E-state index contributed by atoms with van der Waals surface area (Å²) in [5.74, 6) is 0. The Morgan fingerprint density at radius 3 is 2.57 bits per heavy atom. The van der Waals surface area contributed by atoms with E-state index in [4.69, 9.17) is 4.55 Å². The van der Waals surface area contributed by atoms with Crippen LogP contribution in [0.25, 0.3) is 11.0 Å². The van der Waals surface area contributed by atoms with E-state index in [0.29, 0.717) is 9.60 Å². The third-order valence-electron chi connectivity index (χ3n) is 1.54. The molecule has 0 spiro atoms. The summed E-state index contributed by atoms with van der Waals surface area (Å²) in [5, 5.41) is 6.85. The molecule has 1 aromatic carbocycles. The quantitative estimate of drug-likeness (QED) is 0.596. The first kappa shape index (κ1) is 11.3. The summed E-state index contributed by atoms with van der Waals surface area (Å²) in [6.07, 6.45) is 0. The molecule has 0 atom stereocenters. The van der Waals surface area contributed by atoms with Crippen LogP contribution in [-0.4, -0.2) is 27.4 Å². The van der Waals surface area contributed by atoms with E-state index in [0.717, 1.165) is 0 Å². The van der Waals surface area contributed by atoms with Crippen LogP contribution in [0.2, 0.25) is 0 Å². The molecule has 0 saturated heterocycles. The van der Waals surface area contributed by atoms with E-state index in [-0.39, 0.29) is 27.9 Å². The Hall–Kier alpha value is -0.730. The van der Waals surface area contributed by atoms with Crippen LogP contribution in [0.1, 0.15) is 0 Å². The van der Waals surface area contributed by atoms with Gasteiger partial charge in [0.25, 0.3) is 0 Å². The van der Waals surface area contributed by atoms with Crippen LogP contribution >= 0.6 is 0 Å². The van der Waals surface area contributed by atoms with Gasteiger partial charge in [0.05, 0.1) is 0 Å². The minimum absolute atomic E-state index is 0. The van der Waals surface area contributed by atoms with E-state index in [1.54, 1.807) is 18.2 Å². The molecule has 2 aromatic rings. The number of hydrogen-bond acceptors (Lipinski definition) is 4. The van der Waals surface area contributed by atoms with Gasteiger partial charge in [-0.3, -0.25) is 4.55 Å². The summed E-state index contributed by atoms with van der Waals surface area (Å²) >= 11 is 0. The fourth-order valence-electron chi connectivity index (χ4n) is 1.02. The second kappa shape index (κ2) is 3.79. The van der Waals surface area contributed by atoms with Crippen LogP contribution in [0.5, 0.6) is 0 Å². The third kappa shape index (κ3) is 1.86. The van der Waals surface area contributed by atoms with Gasteiger partial charge in [-0.05, 0) is 17.3 Å². The summed E-state index contributed by atoms with van der Waals surface area (Å²) in [6.45, 7) is 0. The molecule has 0 fully saturated rings. The molecule has 0 aliphatic carbocycles. The molecule has 0 saturated carbocycles. The number of benzene rings is 1.